The van der Waals surface area contributed by atoms with Crippen LogP contribution in [0.5, 0.6) is 0 Å². The molecule has 1 amide bonds. The van der Waals surface area contributed by atoms with Crippen molar-refractivity contribution in [2.45, 2.75) is 17.7 Å². The van der Waals surface area contributed by atoms with E-state index in [4.69, 9.17) is 0 Å². The fraction of sp³-hybridized carbons (Fsp3) is 0.261. The zero-order chi connectivity index (χ0) is 21.3. The Bertz CT molecular complexity index is 1170. The molecule has 0 atom stereocenters. The quantitative estimate of drug-likeness (QED) is 0.633. The van der Waals surface area contributed by atoms with Gasteiger partial charge in [0.2, 0.25) is 15.9 Å². The minimum absolute atomic E-state index is 0.0101. The van der Waals surface area contributed by atoms with Gasteiger partial charge in [-0.05, 0) is 60.0 Å². The van der Waals surface area contributed by atoms with Crippen LogP contribution < -0.4 is 4.90 Å². The van der Waals surface area contributed by atoms with Crippen LogP contribution in [-0.4, -0.2) is 38.8 Å². The van der Waals surface area contributed by atoms with E-state index in [9.17, 15) is 17.6 Å². The Morgan fingerprint density at radius 1 is 0.967 bits per heavy atom. The lowest BCUT2D eigenvalue weighted by atomic mass is 9.96. The molecule has 5 nitrogen and oxygen atoms in total. The van der Waals surface area contributed by atoms with Gasteiger partial charge in [-0.2, -0.15) is 4.31 Å². The number of rotatable bonds is 4. The van der Waals surface area contributed by atoms with Gasteiger partial charge in [0.25, 0.3) is 0 Å². The highest BCUT2D eigenvalue weighted by molar-refractivity contribution is 7.89. The van der Waals surface area contributed by atoms with Crippen LogP contribution in [-0.2, 0) is 14.8 Å². The average molecular weight is 427 g/mol. The summed E-state index contributed by atoms with van der Waals surface area (Å²) in [5, 5.41) is 2.18. The molecular weight excluding hydrogens is 403 g/mol. The van der Waals surface area contributed by atoms with Gasteiger partial charge in [-0.25, -0.2) is 12.8 Å². The summed E-state index contributed by atoms with van der Waals surface area (Å²) in [6, 6.07) is 18.7. The van der Waals surface area contributed by atoms with Crippen molar-refractivity contribution in [2.24, 2.45) is 5.92 Å². The third-order valence-corrected chi connectivity index (χ3v) is 7.62. The van der Waals surface area contributed by atoms with Crippen LogP contribution in [0.2, 0.25) is 0 Å². The van der Waals surface area contributed by atoms with Crippen LogP contribution in [0.3, 0.4) is 0 Å². The van der Waals surface area contributed by atoms with Gasteiger partial charge in [0.1, 0.15) is 5.82 Å². The number of sulfonamides is 1. The molecule has 0 bridgehead atoms. The Morgan fingerprint density at radius 2 is 1.60 bits per heavy atom. The smallest absolute Gasteiger partial charge is 0.243 e. The van der Waals surface area contributed by atoms with Crippen LogP contribution >= 0.6 is 0 Å². The molecule has 3 aromatic rings. The summed E-state index contributed by atoms with van der Waals surface area (Å²) in [7, 11) is -1.92. The lowest BCUT2D eigenvalue weighted by molar-refractivity contribution is -0.123. The van der Waals surface area contributed by atoms with E-state index in [1.807, 2.05) is 42.5 Å². The Morgan fingerprint density at radius 3 is 2.27 bits per heavy atom. The Kier molecular flexibility index (Phi) is 5.58. The van der Waals surface area contributed by atoms with Gasteiger partial charge in [-0.15, -0.1) is 0 Å². The molecule has 0 aromatic heterocycles. The molecule has 0 radical (unpaired) electrons. The third-order valence-electron chi connectivity index (χ3n) is 5.71. The van der Waals surface area contributed by atoms with Crippen molar-refractivity contribution in [2.75, 3.05) is 25.0 Å². The van der Waals surface area contributed by atoms with Gasteiger partial charge in [0, 0.05) is 31.7 Å². The molecule has 3 aromatic carbocycles. The van der Waals surface area contributed by atoms with Crippen LogP contribution in [0.1, 0.15) is 12.8 Å². The van der Waals surface area contributed by atoms with Crippen LogP contribution in [0.4, 0.5) is 10.1 Å². The number of benzene rings is 3. The highest BCUT2D eigenvalue weighted by Gasteiger charge is 2.33. The predicted molar refractivity (Wildman–Crippen MR) is 115 cm³/mol. The maximum Gasteiger partial charge on any atom is 0.243 e. The van der Waals surface area contributed by atoms with Crippen molar-refractivity contribution in [1.29, 1.82) is 0 Å². The van der Waals surface area contributed by atoms with E-state index >= 15 is 0 Å². The van der Waals surface area contributed by atoms with Gasteiger partial charge in [-0.1, -0.05) is 30.3 Å². The van der Waals surface area contributed by atoms with Crippen molar-refractivity contribution in [3.8, 4) is 0 Å². The van der Waals surface area contributed by atoms with Crippen LogP contribution in [0.25, 0.3) is 10.8 Å². The summed E-state index contributed by atoms with van der Waals surface area (Å²) in [5.41, 5.74) is 0.820. The first-order chi connectivity index (χ1) is 14.4. The van der Waals surface area contributed by atoms with E-state index in [1.165, 1.54) is 16.4 Å². The second-order valence-corrected chi connectivity index (χ2v) is 9.50. The summed E-state index contributed by atoms with van der Waals surface area (Å²) in [4.78, 5) is 14.7. The number of anilines is 1. The maximum atomic E-state index is 13.1. The molecule has 30 heavy (non-hydrogen) atoms. The first-order valence-corrected chi connectivity index (χ1v) is 11.3. The van der Waals surface area contributed by atoms with Crippen molar-refractivity contribution in [3.05, 3.63) is 72.5 Å². The molecule has 1 fully saturated rings. The van der Waals surface area contributed by atoms with Gasteiger partial charge in [0.05, 0.1) is 4.90 Å². The number of hydrogen-bond acceptors (Lipinski definition) is 3. The summed E-state index contributed by atoms with van der Waals surface area (Å²) in [6.45, 7) is 0.531. The summed E-state index contributed by atoms with van der Waals surface area (Å²) in [6.07, 6.45) is 0.911. The molecule has 0 saturated carbocycles. The van der Waals surface area contributed by atoms with E-state index in [2.05, 4.69) is 0 Å². The van der Waals surface area contributed by atoms with Gasteiger partial charge in [-0.3, -0.25) is 4.79 Å². The number of halogens is 1. The number of hydrogen-bond donors (Lipinski definition) is 0. The SMILES string of the molecule is CN(C(=O)C1CCN(S(=O)(=O)c2ccc(F)cc2)CC1)c1ccc2ccccc2c1. The monoisotopic (exact) mass is 426 g/mol. The Labute approximate surface area is 175 Å². The fourth-order valence-corrected chi connectivity index (χ4v) is 5.35. The predicted octanol–water partition coefficient (Wildman–Crippen LogP) is 4.04. The Balaban J connectivity index is 1.44. The van der Waals surface area contributed by atoms with Crippen molar-refractivity contribution >= 4 is 32.4 Å². The highest BCUT2D eigenvalue weighted by Crippen LogP contribution is 2.28. The molecular formula is C23H23FN2O3S. The molecule has 0 unspecified atom stereocenters. The zero-order valence-electron chi connectivity index (χ0n) is 16.7. The molecule has 156 valence electrons. The molecule has 0 aliphatic carbocycles. The Hall–Kier alpha value is -2.77. The average Bonchev–Trinajstić information content (AvgIpc) is 2.78. The molecule has 4 rings (SSSR count). The number of fused-ring (bicyclic) bond motifs is 1. The second kappa shape index (κ2) is 8.16. The van der Waals surface area contributed by atoms with E-state index in [0.29, 0.717) is 12.8 Å². The first-order valence-electron chi connectivity index (χ1n) is 9.88. The van der Waals surface area contributed by atoms with Crippen molar-refractivity contribution in [1.82, 2.24) is 4.31 Å². The molecule has 7 heteroatoms. The summed E-state index contributed by atoms with van der Waals surface area (Å²) >= 11 is 0. The van der Waals surface area contributed by atoms with E-state index in [0.717, 1.165) is 28.6 Å². The molecule has 1 aliphatic rings. The number of piperidine rings is 1. The normalized spacial score (nSPS) is 15.9. The summed E-state index contributed by atoms with van der Waals surface area (Å²) < 4.78 is 40.0. The highest BCUT2D eigenvalue weighted by atomic mass is 32.2. The molecule has 1 saturated heterocycles. The van der Waals surface area contributed by atoms with Gasteiger partial charge < -0.3 is 4.90 Å². The fourth-order valence-electron chi connectivity index (χ4n) is 3.89. The minimum atomic E-state index is -3.68. The van der Waals surface area contributed by atoms with Crippen molar-refractivity contribution < 1.29 is 17.6 Å². The standard InChI is InChI=1S/C23H23FN2O3S/c1-25(21-9-6-17-4-2-3-5-19(17)16-21)23(27)18-12-14-26(15-13-18)30(28,29)22-10-7-20(24)8-11-22/h2-11,16,18H,12-15H2,1H3. The number of carbonyl (C=O) groups is 1. The molecule has 1 aliphatic heterocycles. The molecule has 0 N–H and O–H groups in total. The van der Waals surface area contributed by atoms with Gasteiger partial charge in [0.15, 0.2) is 0 Å². The second-order valence-electron chi connectivity index (χ2n) is 7.56. The lowest BCUT2D eigenvalue weighted by Crippen LogP contribution is -2.43. The lowest BCUT2D eigenvalue weighted by Gasteiger charge is -2.32. The van der Waals surface area contributed by atoms with Gasteiger partial charge >= 0.3 is 0 Å². The molecule has 0 spiro atoms. The minimum Gasteiger partial charge on any atom is -0.315 e. The zero-order valence-corrected chi connectivity index (χ0v) is 17.5. The number of nitrogens with zero attached hydrogens (tertiary/aromatic N) is 2. The van der Waals surface area contributed by atoms with E-state index in [1.54, 1.807) is 11.9 Å². The van der Waals surface area contributed by atoms with Crippen LogP contribution in [0.15, 0.2) is 71.6 Å². The number of amides is 1. The van der Waals surface area contributed by atoms with E-state index in [-0.39, 0.29) is 29.8 Å². The largest absolute Gasteiger partial charge is 0.315 e. The third kappa shape index (κ3) is 3.95. The molecule has 1 heterocycles. The number of carbonyl (C=O) groups excluding carboxylic acids is 1. The topological polar surface area (TPSA) is 57.7 Å². The van der Waals surface area contributed by atoms with E-state index < -0.39 is 15.8 Å². The first kappa shape index (κ1) is 20.5. The van der Waals surface area contributed by atoms with Crippen molar-refractivity contribution in [3.63, 3.8) is 0 Å². The maximum absolute atomic E-state index is 13.1. The van der Waals surface area contributed by atoms with Crippen LogP contribution in [0, 0.1) is 11.7 Å². The summed E-state index contributed by atoms with van der Waals surface area (Å²) in [5.74, 6) is -0.722.